The minimum Gasteiger partial charge on any atom is -0.466 e. The summed E-state index contributed by atoms with van der Waals surface area (Å²) in [6, 6.07) is 1.94. The van der Waals surface area contributed by atoms with Gasteiger partial charge in [0.15, 0.2) is 11.3 Å². The molecule has 138 valence electrons. The number of hydrogen-bond acceptors (Lipinski definition) is 5. The third kappa shape index (κ3) is 6.91. The second-order valence-electron chi connectivity index (χ2n) is 5.22. The van der Waals surface area contributed by atoms with Gasteiger partial charge >= 0.3 is 5.97 Å². The minimum atomic E-state index is -0.211. The maximum Gasteiger partial charge on any atom is 0.302 e. The number of carbonyl (C=O) groups excluding carboxylic acids is 1. The van der Waals surface area contributed by atoms with Gasteiger partial charge in [0, 0.05) is 13.1 Å². The van der Waals surface area contributed by atoms with Crippen LogP contribution in [0.2, 0.25) is 0 Å². The Kier molecular flexibility index (Phi) is 9.89. The fourth-order valence-electron chi connectivity index (χ4n) is 2.38. The van der Waals surface area contributed by atoms with Gasteiger partial charge in [-0.15, -0.1) is 10.2 Å². The number of H-pyrrole nitrogens is 1. The molecule has 25 heavy (non-hydrogen) atoms. The van der Waals surface area contributed by atoms with Gasteiger partial charge < -0.3 is 9.72 Å². The summed E-state index contributed by atoms with van der Waals surface area (Å²) in [7, 11) is 0. The van der Waals surface area contributed by atoms with Gasteiger partial charge in [0.25, 0.3) is 0 Å². The summed E-state index contributed by atoms with van der Waals surface area (Å²) in [6.45, 7) is 7.65. The van der Waals surface area contributed by atoms with Gasteiger partial charge in [0.05, 0.1) is 18.3 Å². The summed E-state index contributed by atoms with van der Waals surface area (Å²) in [5.74, 6) is -0.211. The van der Waals surface area contributed by atoms with Crippen LogP contribution < -0.4 is 0 Å². The summed E-state index contributed by atoms with van der Waals surface area (Å²) >= 11 is 0. The van der Waals surface area contributed by atoms with Gasteiger partial charge in [-0.3, -0.25) is 9.20 Å². The standard InChI is InChI=1S/C7H5N5.C5H10.C4H8O2.C2H6/c1-2-8-7-5(1)12-4-10-11-6(12)3-9-7;1-2-4-5-3-1;1-3-6-4(2)5;1-2/h1-4,8H;1-5H2;3H2,1-2H3;1-2H3. The van der Waals surface area contributed by atoms with Crippen molar-refractivity contribution in [2.45, 2.75) is 59.8 Å². The van der Waals surface area contributed by atoms with E-state index in [4.69, 9.17) is 0 Å². The topological polar surface area (TPSA) is 85.2 Å². The second kappa shape index (κ2) is 12.0. The van der Waals surface area contributed by atoms with Crippen molar-refractivity contribution < 1.29 is 9.53 Å². The highest BCUT2D eigenvalue weighted by atomic mass is 16.5. The van der Waals surface area contributed by atoms with Crippen LogP contribution in [0.4, 0.5) is 0 Å². The molecule has 3 heterocycles. The second-order valence-corrected chi connectivity index (χ2v) is 5.22. The van der Waals surface area contributed by atoms with Crippen molar-refractivity contribution >= 4 is 22.8 Å². The van der Waals surface area contributed by atoms with Gasteiger partial charge in [0.2, 0.25) is 0 Å². The van der Waals surface area contributed by atoms with Crippen LogP contribution in [0.15, 0.2) is 24.8 Å². The molecule has 1 fully saturated rings. The lowest BCUT2D eigenvalue weighted by Crippen LogP contribution is -1.95. The molecule has 1 aliphatic rings. The van der Waals surface area contributed by atoms with Crippen LogP contribution in [0.3, 0.4) is 0 Å². The van der Waals surface area contributed by atoms with Gasteiger partial charge in [-0.1, -0.05) is 46.0 Å². The molecule has 0 atom stereocenters. The lowest BCUT2D eigenvalue weighted by Gasteiger charge is -1.91. The number of rotatable bonds is 1. The highest BCUT2D eigenvalue weighted by Gasteiger charge is 2.01. The highest BCUT2D eigenvalue weighted by molar-refractivity contribution is 5.73. The highest BCUT2D eigenvalue weighted by Crippen LogP contribution is 2.15. The maximum atomic E-state index is 9.82. The molecule has 0 unspecified atom stereocenters. The summed E-state index contributed by atoms with van der Waals surface area (Å²) in [4.78, 5) is 17.0. The monoisotopic (exact) mass is 347 g/mol. The van der Waals surface area contributed by atoms with Crippen LogP contribution in [0.5, 0.6) is 0 Å². The van der Waals surface area contributed by atoms with Gasteiger partial charge in [0.1, 0.15) is 6.33 Å². The average Bonchev–Trinajstić information content (AvgIpc) is 3.37. The molecule has 0 radical (unpaired) electrons. The minimum absolute atomic E-state index is 0.211. The number of carbonyl (C=O) groups is 1. The van der Waals surface area contributed by atoms with E-state index >= 15 is 0 Å². The number of nitrogens with zero attached hydrogens (tertiary/aromatic N) is 4. The largest absolute Gasteiger partial charge is 0.466 e. The van der Waals surface area contributed by atoms with E-state index in [0.29, 0.717) is 6.61 Å². The Hall–Kier alpha value is -2.44. The summed E-state index contributed by atoms with van der Waals surface area (Å²) in [5.41, 5.74) is 2.61. The molecule has 0 spiro atoms. The molecule has 7 heteroatoms. The fraction of sp³-hybridized carbons (Fsp3) is 0.556. The number of hydrogen-bond donors (Lipinski definition) is 1. The Labute approximate surface area is 148 Å². The Balaban J connectivity index is 0.000000204. The first kappa shape index (κ1) is 20.6. The molecule has 1 N–H and O–H groups in total. The van der Waals surface area contributed by atoms with E-state index < -0.39 is 0 Å². The first-order valence-electron chi connectivity index (χ1n) is 8.97. The molecule has 0 amide bonds. The Morgan fingerprint density at radius 1 is 1.24 bits per heavy atom. The van der Waals surface area contributed by atoms with E-state index in [1.165, 1.54) is 39.0 Å². The number of fused-ring (bicyclic) bond motifs is 3. The number of nitrogens with one attached hydrogen (secondary N) is 1. The number of aromatic nitrogens is 5. The van der Waals surface area contributed by atoms with Crippen molar-refractivity contribution in [3.05, 3.63) is 24.8 Å². The van der Waals surface area contributed by atoms with Crippen molar-refractivity contribution in [1.82, 2.24) is 24.6 Å². The zero-order valence-electron chi connectivity index (χ0n) is 15.7. The summed E-state index contributed by atoms with van der Waals surface area (Å²) < 4.78 is 6.29. The molecule has 3 aromatic heterocycles. The fourth-order valence-corrected chi connectivity index (χ4v) is 2.38. The molecule has 4 rings (SSSR count). The molecule has 0 aromatic carbocycles. The first-order valence-corrected chi connectivity index (χ1v) is 8.97. The van der Waals surface area contributed by atoms with Crippen LogP contribution >= 0.6 is 0 Å². The SMILES string of the molecule is C1CCCC1.CC.CCOC(C)=O.c1cc2c(ncc3nncn32)[nH]1. The number of aromatic amines is 1. The Morgan fingerprint density at radius 3 is 2.40 bits per heavy atom. The van der Waals surface area contributed by atoms with E-state index in [1.54, 1.807) is 19.4 Å². The first-order chi connectivity index (χ1) is 12.2. The van der Waals surface area contributed by atoms with Gasteiger partial charge in [-0.25, -0.2) is 4.98 Å². The molecule has 3 aromatic rings. The molecule has 0 aliphatic heterocycles. The zero-order valence-corrected chi connectivity index (χ0v) is 15.7. The third-order valence-electron chi connectivity index (χ3n) is 3.44. The Morgan fingerprint density at radius 2 is 1.88 bits per heavy atom. The number of ether oxygens (including phenoxy) is 1. The van der Waals surface area contributed by atoms with Gasteiger partial charge in [-0.05, 0) is 13.0 Å². The van der Waals surface area contributed by atoms with Crippen LogP contribution in [0.1, 0.15) is 59.8 Å². The maximum absolute atomic E-state index is 9.82. The molecular formula is C18H29N5O2. The van der Waals surface area contributed by atoms with E-state index in [-0.39, 0.29) is 5.97 Å². The van der Waals surface area contributed by atoms with Crippen LogP contribution in [0, 0.1) is 0 Å². The molecule has 1 saturated carbocycles. The summed E-state index contributed by atoms with van der Waals surface area (Å²) in [5, 5.41) is 7.68. The molecular weight excluding hydrogens is 318 g/mol. The Bertz CT molecular complexity index is 674. The van der Waals surface area contributed by atoms with Crippen LogP contribution in [-0.4, -0.2) is 37.1 Å². The predicted octanol–water partition coefficient (Wildman–Crippen LogP) is 4.15. The predicted molar refractivity (Wildman–Crippen MR) is 99.4 cm³/mol. The average molecular weight is 347 g/mol. The van der Waals surface area contributed by atoms with Crippen LogP contribution in [0.25, 0.3) is 16.8 Å². The van der Waals surface area contributed by atoms with Crippen molar-refractivity contribution in [1.29, 1.82) is 0 Å². The van der Waals surface area contributed by atoms with Crippen molar-refractivity contribution in [2.24, 2.45) is 0 Å². The summed E-state index contributed by atoms with van der Waals surface area (Å²) in [6.07, 6.45) is 12.7. The van der Waals surface area contributed by atoms with Crippen molar-refractivity contribution in [3.8, 4) is 0 Å². The quantitative estimate of drug-likeness (QED) is 0.668. The van der Waals surface area contributed by atoms with E-state index in [1.807, 2.05) is 30.5 Å². The molecule has 0 bridgehead atoms. The van der Waals surface area contributed by atoms with E-state index in [2.05, 4.69) is 24.9 Å². The van der Waals surface area contributed by atoms with Gasteiger partial charge in [-0.2, -0.15) is 0 Å². The smallest absolute Gasteiger partial charge is 0.302 e. The lowest BCUT2D eigenvalue weighted by molar-refractivity contribution is -0.140. The lowest BCUT2D eigenvalue weighted by atomic mass is 10.4. The van der Waals surface area contributed by atoms with Crippen molar-refractivity contribution in [3.63, 3.8) is 0 Å². The molecule has 7 nitrogen and oxygen atoms in total. The van der Waals surface area contributed by atoms with Crippen molar-refractivity contribution in [2.75, 3.05) is 6.61 Å². The third-order valence-corrected chi connectivity index (χ3v) is 3.44. The van der Waals surface area contributed by atoms with E-state index in [0.717, 1.165) is 16.8 Å². The normalized spacial score (nSPS) is 12.3. The molecule has 0 saturated heterocycles. The zero-order chi connectivity index (χ0) is 18.5. The number of esters is 1. The van der Waals surface area contributed by atoms with Crippen LogP contribution in [-0.2, 0) is 9.53 Å². The van der Waals surface area contributed by atoms with E-state index in [9.17, 15) is 4.79 Å². The molecule has 1 aliphatic carbocycles.